The van der Waals surface area contributed by atoms with Crippen LogP contribution in [0.15, 0.2) is 29.5 Å². The van der Waals surface area contributed by atoms with E-state index >= 15 is 0 Å². The molecule has 92 valence electrons. The summed E-state index contributed by atoms with van der Waals surface area (Å²) in [6, 6.07) is 1.70. The molecular formula is C14H9N3O2. The molecule has 1 aliphatic rings. The Kier molecular flexibility index (Phi) is 1.90. The Morgan fingerprint density at radius 2 is 2.11 bits per heavy atom. The molecule has 0 aromatic carbocycles. The number of ketones is 1. The lowest BCUT2D eigenvalue weighted by atomic mass is 10.1. The number of hydrogen-bond donors (Lipinski definition) is 0. The first-order chi connectivity index (χ1) is 9.25. The van der Waals surface area contributed by atoms with Crippen LogP contribution in [-0.2, 0) is 11.3 Å². The lowest BCUT2D eigenvalue weighted by Crippen LogP contribution is -2.39. The molecule has 0 amide bonds. The van der Waals surface area contributed by atoms with Crippen molar-refractivity contribution in [1.82, 2.24) is 14.5 Å². The van der Waals surface area contributed by atoms with Gasteiger partial charge in [0.25, 0.3) is 0 Å². The molecule has 0 saturated heterocycles. The molecule has 5 nitrogen and oxygen atoms in total. The van der Waals surface area contributed by atoms with Gasteiger partial charge in [-0.25, -0.2) is 0 Å². The van der Waals surface area contributed by atoms with E-state index < -0.39 is 0 Å². The Bertz CT molecular complexity index is 951. The molecule has 0 spiro atoms. The van der Waals surface area contributed by atoms with Gasteiger partial charge in [0.1, 0.15) is 0 Å². The van der Waals surface area contributed by atoms with Crippen LogP contribution in [0.3, 0.4) is 0 Å². The second-order valence-electron chi connectivity index (χ2n) is 4.64. The van der Waals surface area contributed by atoms with E-state index in [1.54, 1.807) is 24.7 Å². The molecule has 0 unspecified atom stereocenters. The summed E-state index contributed by atoms with van der Waals surface area (Å²) in [4.78, 5) is 32.4. The summed E-state index contributed by atoms with van der Waals surface area (Å²) < 4.78 is 1.87. The van der Waals surface area contributed by atoms with Crippen LogP contribution in [0.5, 0.6) is 0 Å². The Morgan fingerprint density at radius 1 is 1.21 bits per heavy atom. The summed E-state index contributed by atoms with van der Waals surface area (Å²) >= 11 is 0. The number of aromatic nitrogens is 3. The van der Waals surface area contributed by atoms with Crippen LogP contribution in [-0.4, -0.2) is 20.3 Å². The minimum Gasteiger partial charge on any atom is -0.336 e. The van der Waals surface area contributed by atoms with Gasteiger partial charge >= 0.3 is 0 Å². The van der Waals surface area contributed by atoms with Gasteiger partial charge < -0.3 is 4.57 Å². The molecule has 0 N–H and O–H groups in total. The highest BCUT2D eigenvalue weighted by Gasteiger charge is 2.16. The zero-order chi connectivity index (χ0) is 13.0. The first-order valence-corrected chi connectivity index (χ1v) is 6.05. The number of rotatable bonds is 0. The molecule has 0 aliphatic carbocycles. The van der Waals surface area contributed by atoms with Crippen LogP contribution < -0.4 is 10.8 Å². The van der Waals surface area contributed by atoms with E-state index in [1.165, 1.54) is 6.08 Å². The van der Waals surface area contributed by atoms with Crippen LogP contribution in [0, 0.1) is 0 Å². The summed E-state index contributed by atoms with van der Waals surface area (Å²) in [5.41, 5.74) is 1.46. The summed E-state index contributed by atoms with van der Waals surface area (Å²) in [5, 5.41) is 1.87. The maximum absolute atomic E-state index is 12.5. The molecule has 4 heterocycles. The van der Waals surface area contributed by atoms with Crippen molar-refractivity contribution in [3.63, 3.8) is 0 Å². The van der Waals surface area contributed by atoms with E-state index in [1.807, 2.05) is 4.57 Å². The molecule has 5 heteroatoms. The molecule has 4 rings (SSSR count). The molecule has 0 saturated carbocycles. The largest absolute Gasteiger partial charge is 0.336 e. The predicted molar refractivity (Wildman–Crippen MR) is 70.6 cm³/mol. The third kappa shape index (κ3) is 1.29. The van der Waals surface area contributed by atoms with Gasteiger partial charge in [-0.2, -0.15) is 0 Å². The van der Waals surface area contributed by atoms with E-state index in [2.05, 4.69) is 9.97 Å². The molecule has 0 atom stereocenters. The number of nitrogens with zero attached hydrogens (tertiary/aromatic N) is 3. The Labute approximate surface area is 107 Å². The molecule has 1 aliphatic heterocycles. The minimum absolute atomic E-state index is 0.00256. The molecule has 0 radical (unpaired) electrons. The summed E-state index contributed by atoms with van der Waals surface area (Å²) in [6.45, 7) is 0.519. The molecule has 0 bridgehead atoms. The van der Waals surface area contributed by atoms with E-state index in [4.69, 9.17) is 0 Å². The predicted octanol–water partition coefficient (Wildman–Crippen LogP) is 0.417. The highest BCUT2D eigenvalue weighted by molar-refractivity contribution is 6.09. The number of Topliss-reactive ketones (excluding diaryl/α,β-unsaturated/α-hetero) is 1. The Balaban J connectivity index is 2.41. The number of hydrogen-bond acceptors (Lipinski definition) is 4. The van der Waals surface area contributed by atoms with Crippen LogP contribution in [0.25, 0.3) is 27.9 Å². The van der Waals surface area contributed by atoms with Crippen LogP contribution >= 0.6 is 0 Å². The maximum Gasteiger partial charge on any atom is 0.210 e. The lowest BCUT2D eigenvalue weighted by Gasteiger charge is -2.16. The average Bonchev–Trinajstić information content (AvgIpc) is 2.44. The second kappa shape index (κ2) is 3.47. The number of aryl methyl sites for hydroxylation is 1. The van der Waals surface area contributed by atoms with Crippen molar-refractivity contribution < 1.29 is 4.79 Å². The van der Waals surface area contributed by atoms with Gasteiger partial charge in [-0.3, -0.25) is 19.6 Å². The second-order valence-corrected chi connectivity index (χ2v) is 4.64. The van der Waals surface area contributed by atoms with Crippen molar-refractivity contribution in [3.05, 3.63) is 40.2 Å². The molecule has 3 aromatic heterocycles. The van der Waals surface area contributed by atoms with E-state index in [9.17, 15) is 9.59 Å². The molecule has 0 fully saturated rings. The van der Waals surface area contributed by atoms with Crippen LogP contribution in [0.1, 0.15) is 6.42 Å². The fourth-order valence-electron chi connectivity index (χ4n) is 2.70. The van der Waals surface area contributed by atoms with Crippen molar-refractivity contribution in [1.29, 1.82) is 0 Å². The van der Waals surface area contributed by atoms with Gasteiger partial charge in [0.15, 0.2) is 5.78 Å². The van der Waals surface area contributed by atoms with Crippen LogP contribution in [0.4, 0.5) is 0 Å². The van der Waals surface area contributed by atoms with Crippen molar-refractivity contribution in [2.75, 3.05) is 0 Å². The quantitative estimate of drug-likeness (QED) is 0.580. The van der Waals surface area contributed by atoms with E-state index in [-0.39, 0.29) is 11.2 Å². The van der Waals surface area contributed by atoms with Gasteiger partial charge in [0, 0.05) is 36.0 Å². The third-order valence-corrected chi connectivity index (χ3v) is 3.57. The fraction of sp³-hybridized carbons (Fsp3) is 0.143. The van der Waals surface area contributed by atoms with Gasteiger partial charge in [-0.1, -0.05) is 0 Å². The van der Waals surface area contributed by atoms with Gasteiger partial charge in [0.2, 0.25) is 5.43 Å². The lowest BCUT2D eigenvalue weighted by molar-refractivity contribution is -0.113. The SMILES string of the molecule is O=C1C=c2c(=O)c3ccnc4cncc(c43)n2CC1. The van der Waals surface area contributed by atoms with E-state index in [0.717, 1.165) is 10.9 Å². The highest BCUT2D eigenvalue weighted by Crippen LogP contribution is 2.20. The molecular weight excluding hydrogens is 242 g/mol. The van der Waals surface area contributed by atoms with Crippen molar-refractivity contribution in [3.8, 4) is 0 Å². The zero-order valence-corrected chi connectivity index (χ0v) is 9.96. The van der Waals surface area contributed by atoms with Crippen LogP contribution in [0.2, 0.25) is 0 Å². The third-order valence-electron chi connectivity index (χ3n) is 3.57. The first-order valence-electron chi connectivity index (χ1n) is 6.05. The van der Waals surface area contributed by atoms with E-state index in [0.29, 0.717) is 29.2 Å². The number of pyridine rings is 3. The number of carbonyl (C=O) groups is 1. The Hall–Kier alpha value is -2.56. The van der Waals surface area contributed by atoms with Gasteiger partial charge in [-0.05, 0) is 6.07 Å². The average molecular weight is 251 g/mol. The van der Waals surface area contributed by atoms with Crippen molar-refractivity contribution in [2.45, 2.75) is 13.0 Å². The first kappa shape index (κ1) is 10.4. The van der Waals surface area contributed by atoms with Gasteiger partial charge in [0.05, 0.1) is 28.8 Å². The Morgan fingerprint density at radius 3 is 3.00 bits per heavy atom. The maximum atomic E-state index is 12.5. The summed E-state index contributed by atoms with van der Waals surface area (Å²) in [5.74, 6) is -0.00256. The number of carbonyl (C=O) groups excluding carboxylic acids is 1. The topological polar surface area (TPSA) is 64.8 Å². The minimum atomic E-state index is -0.112. The monoisotopic (exact) mass is 251 g/mol. The smallest absolute Gasteiger partial charge is 0.210 e. The van der Waals surface area contributed by atoms with Crippen molar-refractivity contribution >= 4 is 33.7 Å². The highest BCUT2D eigenvalue weighted by atomic mass is 16.1. The van der Waals surface area contributed by atoms with Crippen molar-refractivity contribution in [2.24, 2.45) is 0 Å². The summed E-state index contributed by atoms with van der Waals surface area (Å²) in [7, 11) is 0. The molecule has 19 heavy (non-hydrogen) atoms. The summed E-state index contributed by atoms with van der Waals surface area (Å²) in [6.07, 6.45) is 6.84. The zero-order valence-electron chi connectivity index (χ0n) is 9.96. The standard InChI is InChI=1S/C14H9N3O2/c18-8-2-4-17-11(5-8)14(19)9-1-3-16-10-6-15-7-12(17)13(9)10/h1,3,5-7H,2,4H2. The fourth-order valence-corrected chi connectivity index (χ4v) is 2.70. The van der Waals surface area contributed by atoms with Gasteiger partial charge in [-0.15, -0.1) is 0 Å². The normalized spacial score (nSPS) is 14.6. The number of fused-ring (bicyclic) bond motifs is 2. The molecule has 3 aromatic rings.